The van der Waals surface area contributed by atoms with Crippen LogP contribution in [0.15, 0.2) is 22.7 Å². The van der Waals surface area contributed by atoms with Gasteiger partial charge in [0.25, 0.3) is 5.89 Å². The minimum absolute atomic E-state index is 0. The summed E-state index contributed by atoms with van der Waals surface area (Å²) < 4.78 is 10.5. The lowest BCUT2D eigenvalue weighted by molar-refractivity contribution is -0.385. The third-order valence-corrected chi connectivity index (χ3v) is 4.07. The highest BCUT2D eigenvalue weighted by atomic mass is 35.5. The van der Waals surface area contributed by atoms with Crippen molar-refractivity contribution in [3.63, 3.8) is 0 Å². The molecule has 0 bridgehead atoms. The number of hydrogen-bond acceptors (Lipinski definition) is 7. The van der Waals surface area contributed by atoms with E-state index in [0.717, 1.165) is 25.7 Å². The van der Waals surface area contributed by atoms with Crippen LogP contribution in [-0.4, -0.2) is 21.7 Å². The van der Waals surface area contributed by atoms with E-state index in [1.807, 2.05) is 0 Å². The van der Waals surface area contributed by atoms with Gasteiger partial charge in [-0.15, -0.1) is 12.4 Å². The van der Waals surface area contributed by atoms with Crippen LogP contribution in [-0.2, 0) is 5.54 Å². The molecule has 1 aromatic heterocycles. The number of nitrogens with zero attached hydrogens (tertiary/aromatic N) is 3. The van der Waals surface area contributed by atoms with Crippen LogP contribution in [0.1, 0.15) is 38.4 Å². The maximum atomic E-state index is 11.2. The third-order valence-electron chi connectivity index (χ3n) is 4.07. The zero-order chi connectivity index (χ0) is 16.4. The average molecular weight is 355 g/mol. The van der Waals surface area contributed by atoms with Crippen molar-refractivity contribution in [3.05, 3.63) is 34.1 Å². The minimum atomic E-state index is -0.557. The fraction of sp³-hybridized carbons (Fsp3) is 0.467. The zero-order valence-corrected chi connectivity index (χ0v) is 14.0. The van der Waals surface area contributed by atoms with E-state index < -0.39 is 10.5 Å². The predicted octanol–water partition coefficient (Wildman–Crippen LogP) is 3.19. The zero-order valence-electron chi connectivity index (χ0n) is 13.2. The van der Waals surface area contributed by atoms with E-state index in [4.69, 9.17) is 15.0 Å². The van der Waals surface area contributed by atoms with E-state index in [-0.39, 0.29) is 29.7 Å². The number of aromatic nitrogens is 2. The van der Waals surface area contributed by atoms with Crippen molar-refractivity contribution in [1.29, 1.82) is 0 Å². The van der Waals surface area contributed by atoms with Crippen LogP contribution < -0.4 is 10.5 Å². The standard InChI is InChI=1S/C15H18N4O4.ClH/c1-2-22-12-6-5-10(9-11(12)19(20)21)13-17-14(18-23-13)15(16)7-3-4-8-15;/h5-6,9H,2-4,7-8,16H2,1H3;1H. The van der Waals surface area contributed by atoms with E-state index >= 15 is 0 Å². The molecule has 1 heterocycles. The predicted molar refractivity (Wildman–Crippen MR) is 89.1 cm³/mol. The highest BCUT2D eigenvalue weighted by Crippen LogP contribution is 2.36. The van der Waals surface area contributed by atoms with Gasteiger partial charge in [-0.3, -0.25) is 10.1 Å². The highest BCUT2D eigenvalue weighted by Gasteiger charge is 2.36. The summed E-state index contributed by atoms with van der Waals surface area (Å²) in [6.45, 7) is 2.12. The second kappa shape index (κ2) is 7.14. The molecule has 1 aliphatic rings. The van der Waals surface area contributed by atoms with E-state index in [2.05, 4.69) is 10.1 Å². The van der Waals surface area contributed by atoms with Crippen molar-refractivity contribution >= 4 is 18.1 Å². The summed E-state index contributed by atoms with van der Waals surface area (Å²) >= 11 is 0. The molecule has 1 aromatic carbocycles. The topological polar surface area (TPSA) is 117 Å². The first-order valence-electron chi connectivity index (χ1n) is 7.58. The van der Waals surface area contributed by atoms with Crippen LogP contribution in [0.25, 0.3) is 11.5 Å². The maximum Gasteiger partial charge on any atom is 0.311 e. The van der Waals surface area contributed by atoms with Gasteiger partial charge in [0.1, 0.15) is 0 Å². The molecule has 130 valence electrons. The van der Waals surface area contributed by atoms with Crippen LogP contribution in [0, 0.1) is 10.1 Å². The normalized spacial score (nSPS) is 15.8. The Bertz CT molecular complexity index is 728. The maximum absolute atomic E-state index is 11.2. The van der Waals surface area contributed by atoms with Crippen molar-refractivity contribution in [1.82, 2.24) is 10.1 Å². The van der Waals surface area contributed by atoms with Gasteiger partial charge in [-0.2, -0.15) is 4.98 Å². The summed E-state index contributed by atoms with van der Waals surface area (Å²) in [5.41, 5.74) is 6.08. The van der Waals surface area contributed by atoms with Crippen molar-refractivity contribution < 1.29 is 14.2 Å². The van der Waals surface area contributed by atoms with Crippen molar-refractivity contribution in [3.8, 4) is 17.2 Å². The van der Waals surface area contributed by atoms with Crippen LogP contribution in [0.2, 0.25) is 0 Å². The molecule has 3 rings (SSSR count). The van der Waals surface area contributed by atoms with Gasteiger partial charge in [-0.25, -0.2) is 0 Å². The molecule has 8 nitrogen and oxygen atoms in total. The first-order chi connectivity index (χ1) is 11.0. The van der Waals surface area contributed by atoms with Crippen LogP contribution in [0.3, 0.4) is 0 Å². The Balaban J connectivity index is 0.00000208. The average Bonchev–Trinajstić information content (AvgIpc) is 3.18. The van der Waals surface area contributed by atoms with Crippen LogP contribution in [0.4, 0.5) is 5.69 Å². The van der Waals surface area contributed by atoms with Gasteiger partial charge in [-0.05, 0) is 31.9 Å². The van der Waals surface area contributed by atoms with Gasteiger partial charge < -0.3 is 15.0 Å². The lowest BCUT2D eigenvalue weighted by atomic mass is 9.99. The Morgan fingerprint density at radius 3 is 2.75 bits per heavy atom. The van der Waals surface area contributed by atoms with Crippen LogP contribution >= 0.6 is 12.4 Å². The first kappa shape index (κ1) is 18.2. The number of hydrogen-bond donors (Lipinski definition) is 1. The molecule has 0 spiro atoms. The molecule has 0 unspecified atom stereocenters. The summed E-state index contributed by atoms with van der Waals surface area (Å²) in [6, 6.07) is 4.57. The molecular formula is C15H19ClN4O4. The summed E-state index contributed by atoms with van der Waals surface area (Å²) in [4.78, 5) is 15.0. The Kier molecular flexibility index (Phi) is 5.40. The number of nitrogens with two attached hydrogens (primary N) is 1. The SMILES string of the molecule is CCOc1ccc(-c2nc(C3(N)CCCC3)no2)cc1[N+](=O)[O-].Cl. The molecule has 0 atom stereocenters. The van der Waals surface area contributed by atoms with Crippen LogP contribution in [0.5, 0.6) is 5.75 Å². The molecule has 9 heteroatoms. The van der Waals surface area contributed by atoms with E-state index in [9.17, 15) is 10.1 Å². The molecule has 0 radical (unpaired) electrons. The second-order valence-electron chi connectivity index (χ2n) is 5.66. The van der Waals surface area contributed by atoms with Gasteiger partial charge in [-0.1, -0.05) is 18.0 Å². The summed E-state index contributed by atoms with van der Waals surface area (Å²) in [7, 11) is 0. The largest absolute Gasteiger partial charge is 0.487 e. The summed E-state index contributed by atoms with van der Waals surface area (Å²) in [6.07, 6.45) is 3.70. The first-order valence-corrected chi connectivity index (χ1v) is 7.58. The lowest BCUT2D eigenvalue weighted by Gasteiger charge is -2.17. The van der Waals surface area contributed by atoms with Gasteiger partial charge in [0, 0.05) is 11.6 Å². The number of halogens is 1. The van der Waals surface area contributed by atoms with E-state index in [0.29, 0.717) is 18.0 Å². The van der Waals surface area contributed by atoms with E-state index in [1.165, 1.54) is 12.1 Å². The molecule has 0 saturated heterocycles. The molecule has 1 aliphatic carbocycles. The molecule has 24 heavy (non-hydrogen) atoms. The Morgan fingerprint density at radius 2 is 2.12 bits per heavy atom. The quantitative estimate of drug-likeness (QED) is 0.647. The number of rotatable bonds is 5. The summed E-state index contributed by atoms with van der Waals surface area (Å²) in [5, 5.41) is 15.2. The van der Waals surface area contributed by atoms with Gasteiger partial charge in [0.05, 0.1) is 17.1 Å². The molecule has 0 aliphatic heterocycles. The van der Waals surface area contributed by atoms with Crippen molar-refractivity contribution in [2.45, 2.75) is 38.1 Å². The van der Waals surface area contributed by atoms with E-state index in [1.54, 1.807) is 13.0 Å². The summed E-state index contributed by atoms with van der Waals surface area (Å²) in [5.74, 6) is 0.900. The Hall–Kier alpha value is -2.19. The molecule has 0 amide bonds. The number of nitro benzene ring substituents is 1. The molecule has 2 aromatic rings. The van der Waals surface area contributed by atoms with Gasteiger partial charge in [0.15, 0.2) is 11.6 Å². The van der Waals surface area contributed by atoms with Crippen molar-refractivity contribution in [2.24, 2.45) is 5.73 Å². The molecule has 1 fully saturated rings. The fourth-order valence-electron chi connectivity index (χ4n) is 2.84. The fourth-order valence-corrected chi connectivity index (χ4v) is 2.84. The van der Waals surface area contributed by atoms with Gasteiger partial charge >= 0.3 is 5.69 Å². The number of benzene rings is 1. The van der Waals surface area contributed by atoms with Gasteiger partial charge in [0.2, 0.25) is 0 Å². The lowest BCUT2D eigenvalue weighted by Crippen LogP contribution is -2.34. The minimum Gasteiger partial charge on any atom is -0.487 e. The Labute approximate surface area is 144 Å². The molecule has 1 saturated carbocycles. The second-order valence-corrected chi connectivity index (χ2v) is 5.66. The number of ether oxygens (including phenoxy) is 1. The smallest absolute Gasteiger partial charge is 0.311 e. The third kappa shape index (κ3) is 3.34. The van der Waals surface area contributed by atoms with Crippen molar-refractivity contribution in [2.75, 3.05) is 6.61 Å². The monoisotopic (exact) mass is 354 g/mol. The Morgan fingerprint density at radius 1 is 1.42 bits per heavy atom. The molecular weight excluding hydrogens is 336 g/mol. The number of nitro groups is 1. The highest BCUT2D eigenvalue weighted by molar-refractivity contribution is 5.85. The molecule has 2 N–H and O–H groups in total.